The predicted molar refractivity (Wildman–Crippen MR) is 101 cm³/mol. The summed E-state index contributed by atoms with van der Waals surface area (Å²) < 4.78 is 6.89. The second-order valence-electron chi connectivity index (χ2n) is 5.86. The van der Waals surface area contributed by atoms with Gasteiger partial charge in [0.25, 0.3) is 5.91 Å². The number of amides is 1. The summed E-state index contributed by atoms with van der Waals surface area (Å²) >= 11 is 0. The number of hydrogen-bond acceptors (Lipinski definition) is 3. The number of carbonyl (C=O) groups excluding carboxylic acids is 1. The highest BCUT2D eigenvalue weighted by Crippen LogP contribution is 2.26. The summed E-state index contributed by atoms with van der Waals surface area (Å²) in [6, 6.07) is 20.7. The number of nitrogens with one attached hydrogen (secondary N) is 1. The molecule has 0 fully saturated rings. The van der Waals surface area contributed by atoms with Gasteiger partial charge in [-0.3, -0.25) is 4.79 Å². The molecule has 2 heterocycles. The zero-order chi connectivity index (χ0) is 18.1. The van der Waals surface area contributed by atoms with E-state index in [1.165, 1.54) is 0 Å². The normalized spacial score (nSPS) is 10.6. The van der Waals surface area contributed by atoms with Crippen LogP contribution in [-0.4, -0.2) is 17.4 Å². The molecular weight excluding hydrogens is 326 g/mol. The second kappa shape index (κ2) is 6.26. The van der Waals surface area contributed by atoms with Gasteiger partial charge in [0.1, 0.15) is 17.5 Å². The highest BCUT2D eigenvalue weighted by molar-refractivity contribution is 6.07. The number of anilines is 1. The number of carbonyl (C=O) groups is 1. The Morgan fingerprint density at radius 1 is 1.12 bits per heavy atom. The van der Waals surface area contributed by atoms with Gasteiger partial charge in [0.2, 0.25) is 0 Å². The number of rotatable bonds is 3. The first-order chi connectivity index (χ1) is 12.7. The van der Waals surface area contributed by atoms with E-state index in [-0.39, 0.29) is 5.91 Å². The third-order valence-electron chi connectivity index (χ3n) is 4.36. The minimum atomic E-state index is -0.276. The minimum absolute atomic E-state index is 0.276. The third kappa shape index (κ3) is 2.54. The molecule has 4 aromatic rings. The highest BCUT2D eigenvalue weighted by atomic mass is 16.5. The summed E-state index contributed by atoms with van der Waals surface area (Å²) in [5.41, 5.74) is 2.29. The van der Waals surface area contributed by atoms with Gasteiger partial charge in [0.15, 0.2) is 0 Å². The number of hydrogen-bond donors (Lipinski definition) is 1. The molecule has 4 rings (SSSR count). The fourth-order valence-electron chi connectivity index (χ4n) is 3.10. The lowest BCUT2D eigenvalue weighted by molar-refractivity contribution is 0.102. The lowest BCUT2D eigenvalue weighted by Crippen LogP contribution is -2.14. The fourth-order valence-corrected chi connectivity index (χ4v) is 3.10. The predicted octanol–water partition coefficient (Wildman–Crippen LogP) is 4.23. The van der Waals surface area contributed by atoms with Gasteiger partial charge >= 0.3 is 0 Å². The van der Waals surface area contributed by atoms with Gasteiger partial charge in [-0.15, -0.1) is 0 Å². The standard InChI is InChI=1S/C21H15N3O2/c1-26-17-8-6-16(7-9-17)23-21(25)19-12-15(13-22)20-18-5-3-2-4-14(18)10-11-24(19)20/h2-12H,1H3,(H,23,25). The van der Waals surface area contributed by atoms with E-state index in [9.17, 15) is 10.1 Å². The molecule has 0 saturated carbocycles. The van der Waals surface area contributed by atoms with E-state index in [4.69, 9.17) is 4.74 Å². The zero-order valence-corrected chi connectivity index (χ0v) is 14.1. The number of aromatic nitrogens is 1. The number of benzene rings is 2. The molecule has 2 aromatic carbocycles. The summed E-state index contributed by atoms with van der Waals surface area (Å²) in [5, 5.41) is 14.4. The quantitative estimate of drug-likeness (QED) is 0.606. The number of nitrogens with zero attached hydrogens (tertiary/aromatic N) is 2. The first-order valence-electron chi connectivity index (χ1n) is 8.09. The summed E-state index contributed by atoms with van der Waals surface area (Å²) in [7, 11) is 1.59. The molecule has 1 N–H and O–H groups in total. The van der Waals surface area contributed by atoms with Crippen molar-refractivity contribution >= 4 is 27.9 Å². The van der Waals surface area contributed by atoms with Crippen LogP contribution in [0.25, 0.3) is 16.3 Å². The topological polar surface area (TPSA) is 66.5 Å². The number of ether oxygens (including phenoxy) is 1. The lowest BCUT2D eigenvalue weighted by Gasteiger charge is -2.08. The van der Waals surface area contributed by atoms with Crippen molar-refractivity contribution in [3.8, 4) is 11.8 Å². The van der Waals surface area contributed by atoms with Gasteiger partial charge in [-0.1, -0.05) is 24.3 Å². The first-order valence-corrected chi connectivity index (χ1v) is 8.09. The average Bonchev–Trinajstić information content (AvgIpc) is 3.08. The Balaban J connectivity index is 1.79. The van der Waals surface area contributed by atoms with Crippen LogP contribution < -0.4 is 10.1 Å². The van der Waals surface area contributed by atoms with Gasteiger partial charge in [-0.05, 0) is 41.8 Å². The Bertz CT molecular complexity index is 1170. The van der Waals surface area contributed by atoms with Crippen molar-refractivity contribution < 1.29 is 9.53 Å². The highest BCUT2D eigenvalue weighted by Gasteiger charge is 2.17. The summed E-state index contributed by atoms with van der Waals surface area (Å²) in [6.07, 6.45) is 1.82. The minimum Gasteiger partial charge on any atom is -0.497 e. The average molecular weight is 341 g/mol. The Morgan fingerprint density at radius 2 is 1.88 bits per heavy atom. The number of pyridine rings is 1. The Hall–Kier alpha value is -3.78. The van der Waals surface area contributed by atoms with Crippen molar-refractivity contribution in [3.63, 3.8) is 0 Å². The van der Waals surface area contributed by atoms with E-state index in [1.807, 2.05) is 36.5 Å². The maximum atomic E-state index is 12.8. The van der Waals surface area contributed by atoms with E-state index in [1.54, 1.807) is 41.8 Å². The molecule has 0 bridgehead atoms. The summed E-state index contributed by atoms with van der Waals surface area (Å²) in [4.78, 5) is 12.8. The van der Waals surface area contributed by atoms with Crippen molar-refractivity contribution in [3.05, 3.63) is 78.1 Å². The third-order valence-corrected chi connectivity index (χ3v) is 4.36. The number of nitriles is 1. The van der Waals surface area contributed by atoms with E-state index in [0.717, 1.165) is 22.0 Å². The van der Waals surface area contributed by atoms with Gasteiger partial charge < -0.3 is 14.5 Å². The molecule has 0 unspecified atom stereocenters. The Kier molecular flexibility index (Phi) is 3.79. The number of methoxy groups -OCH3 is 1. The molecule has 0 radical (unpaired) electrons. The molecule has 126 valence electrons. The molecular formula is C21H15N3O2. The maximum absolute atomic E-state index is 12.8. The van der Waals surface area contributed by atoms with Crippen LogP contribution in [0.15, 0.2) is 66.9 Å². The SMILES string of the molecule is COc1ccc(NC(=O)c2cc(C#N)c3c4ccccc4ccn23)cc1. The molecule has 0 aliphatic carbocycles. The lowest BCUT2D eigenvalue weighted by atomic mass is 10.1. The van der Waals surface area contributed by atoms with Gasteiger partial charge in [-0.2, -0.15) is 5.26 Å². The van der Waals surface area contributed by atoms with E-state index in [2.05, 4.69) is 11.4 Å². The van der Waals surface area contributed by atoms with Crippen LogP contribution in [-0.2, 0) is 0 Å². The van der Waals surface area contributed by atoms with E-state index in [0.29, 0.717) is 16.9 Å². The fraction of sp³-hybridized carbons (Fsp3) is 0.0476. The molecule has 5 nitrogen and oxygen atoms in total. The second-order valence-corrected chi connectivity index (χ2v) is 5.86. The van der Waals surface area contributed by atoms with Crippen molar-refractivity contribution in [2.45, 2.75) is 0 Å². The Labute approximate surface area is 150 Å². The molecule has 0 atom stereocenters. The smallest absolute Gasteiger partial charge is 0.272 e. The van der Waals surface area contributed by atoms with Crippen LogP contribution >= 0.6 is 0 Å². The van der Waals surface area contributed by atoms with Gasteiger partial charge in [0.05, 0.1) is 18.2 Å². The molecule has 1 amide bonds. The van der Waals surface area contributed by atoms with Crippen LogP contribution in [0.2, 0.25) is 0 Å². The molecule has 0 aliphatic heterocycles. The van der Waals surface area contributed by atoms with E-state index < -0.39 is 0 Å². The van der Waals surface area contributed by atoms with Crippen molar-refractivity contribution in [2.24, 2.45) is 0 Å². The van der Waals surface area contributed by atoms with Crippen molar-refractivity contribution in [2.75, 3.05) is 12.4 Å². The maximum Gasteiger partial charge on any atom is 0.272 e. The largest absolute Gasteiger partial charge is 0.497 e. The van der Waals surface area contributed by atoms with Crippen LogP contribution in [0.3, 0.4) is 0 Å². The van der Waals surface area contributed by atoms with Crippen LogP contribution in [0.1, 0.15) is 16.1 Å². The summed E-state index contributed by atoms with van der Waals surface area (Å²) in [6.45, 7) is 0. The monoisotopic (exact) mass is 341 g/mol. The van der Waals surface area contributed by atoms with Crippen LogP contribution in [0, 0.1) is 11.3 Å². The van der Waals surface area contributed by atoms with Crippen molar-refractivity contribution in [1.29, 1.82) is 5.26 Å². The van der Waals surface area contributed by atoms with Gasteiger partial charge in [-0.25, -0.2) is 0 Å². The molecule has 0 spiro atoms. The van der Waals surface area contributed by atoms with Crippen LogP contribution in [0.4, 0.5) is 5.69 Å². The first kappa shape index (κ1) is 15.7. The van der Waals surface area contributed by atoms with Crippen molar-refractivity contribution in [1.82, 2.24) is 4.40 Å². The zero-order valence-electron chi connectivity index (χ0n) is 14.1. The Morgan fingerprint density at radius 3 is 2.62 bits per heavy atom. The van der Waals surface area contributed by atoms with E-state index >= 15 is 0 Å². The number of fused-ring (bicyclic) bond motifs is 3. The molecule has 5 heteroatoms. The van der Waals surface area contributed by atoms with Gasteiger partial charge in [0, 0.05) is 17.3 Å². The molecule has 0 aliphatic rings. The molecule has 0 saturated heterocycles. The summed E-state index contributed by atoms with van der Waals surface area (Å²) in [5.74, 6) is 0.441. The molecule has 26 heavy (non-hydrogen) atoms. The van der Waals surface area contributed by atoms with Crippen LogP contribution in [0.5, 0.6) is 5.75 Å². The molecule has 2 aromatic heterocycles.